The van der Waals surface area contributed by atoms with Gasteiger partial charge in [-0.2, -0.15) is 0 Å². The van der Waals surface area contributed by atoms with Crippen molar-refractivity contribution in [3.05, 3.63) is 89.5 Å². The fourth-order valence-corrected chi connectivity index (χ4v) is 6.50. The van der Waals surface area contributed by atoms with Crippen molar-refractivity contribution in [3.8, 4) is 5.75 Å². The van der Waals surface area contributed by atoms with Gasteiger partial charge >= 0.3 is 0 Å². The molecule has 3 aromatic rings. The average Bonchev–Trinajstić information content (AvgIpc) is 3.47. The Bertz CT molecular complexity index is 1140. The topological polar surface area (TPSA) is 50.4 Å². The van der Waals surface area contributed by atoms with Gasteiger partial charge in [-0.15, -0.1) is 0 Å². The fourth-order valence-electron chi connectivity index (χ4n) is 6.50. The van der Waals surface area contributed by atoms with Gasteiger partial charge in [0.2, 0.25) is 0 Å². The zero-order valence-corrected chi connectivity index (χ0v) is 18.3. The van der Waals surface area contributed by atoms with E-state index in [0.717, 1.165) is 28.8 Å². The summed E-state index contributed by atoms with van der Waals surface area (Å²) in [5.41, 5.74) is 5.39. The molecule has 1 heterocycles. The Hall–Kier alpha value is -3.27. The first-order chi connectivity index (χ1) is 15.7. The summed E-state index contributed by atoms with van der Waals surface area (Å²) in [7, 11) is 1.64. The van der Waals surface area contributed by atoms with E-state index in [1.165, 1.54) is 36.1 Å². The van der Waals surface area contributed by atoms with E-state index < -0.39 is 0 Å². The average molecular weight is 425 g/mol. The van der Waals surface area contributed by atoms with Crippen molar-refractivity contribution in [2.75, 3.05) is 17.7 Å². The molecule has 0 unspecified atom stereocenters. The summed E-state index contributed by atoms with van der Waals surface area (Å²) < 4.78 is 5.21. The third kappa shape index (κ3) is 3.17. The van der Waals surface area contributed by atoms with E-state index in [-0.39, 0.29) is 5.91 Å². The van der Waals surface area contributed by atoms with Crippen molar-refractivity contribution < 1.29 is 9.53 Å². The van der Waals surface area contributed by atoms with E-state index in [0.29, 0.717) is 17.9 Å². The minimum Gasteiger partial charge on any atom is -0.497 e. The van der Waals surface area contributed by atoms with Crippen LogP contribution >= 0.6 is 0 Å². The molecule has 0 aromatic heterocycles. The lowest BCUT2D eigenvalue weighted by molar-refractivity contribution is 0.102. The molecule has 4 heteroatoms. The number of amides is 1. The van der Waals surface area contributed by atoms with Crippen molar-refractivity contribution in [3.63, 3.8) is 0 Å². The highest BCUT2D eigenvalue weighted by Gasteiger charge is 2.53. The van der Waals surface area contributed by atoms with Crippen molar-refractivity contribution >= 4 is 17.3 Å². The lowest BCUT2D eigenvalue weighted by Gasteiger charge is -2.43. The molecule has 162 valence electrons. The molecule has 0 radical (unpaired) electrons. The predicted octanol–water partition coefficient (Wildman–Crippen LogP) is 6.24. The first-order valence-electron chi connectivity index (χ1n) is 11.6. The summed E-state index contributed by atoms with van der Waals surface area (Å²) in [6.07, 6.45) is 3.97. The van der Waals surface area contributed by atoms with E-state index in [9.17, 15) is 4.79 Å². The van der Waals surface area contributed by atoms with E-state index in [4.69, 9.17) is 4.74 Å². The van der Waals surface area contributed by atoms with Crippen molar-refractivity contribution in [1.82, 2.24) is 0 Å². The van der Waals surface area contributed by atoms with E-state index in [1.54, 1.807) is 7.11 Å². The standard InChI is InChI=1S/C28H28N2O2/c1-32-22-12-10-21(11-13-22)29-28(31)20-9-14-24-23(16-20)25-18-7-8-19(15-18)26(25)27(30-24)17-5-3-2-4-6-17/h2-6,9-14,16,18-19,25-27,30H,7-8,15H2,1H3,(H,29,31)/t18-,19-,25+,26+,27+/m1/s1. The molecule has 2 bridgehead atoms. The molecule has 0 spiro atoms. The third-order valence-electron chi connectivity index (χ3n) is 7.86. The zero-order valence-electron chi connectivity index (χ0n) is 18.3. The number of ether oxygens (including phenoxy) is 1. The molecule has 3 aromatic carbocycles. The minimum absolute atomic E-state index is 0.0668. The molecule has 2 saturated carbocycles. The van der Waals surface area contributed by atoms with Gasteiger partial charge in [-0.25, -0.2) is 0 Å². The van der Waals surface area contributed by atoms with Crippen molar-refractivity contribution in [2.24, 2.45) is 17.8 Å². The Labute approximate surface area is 189 Å². The normalized spacial score (nSPS) is 27.2. The number of benzene rings is 3. The summed E-state index contributed by atoms with van der Waals surface area (Å²) in [6, 6.07) is 24.9. The van der Waals surface area contributed by atoms with Crippen LogP contribution in [0.15, 0.2) is 72.8 Å². The molecule has 0 saturated heterocycles. The molecule has 1 amide bonds. The lowest BCUT2D eigenvalue weighted by atomic mass is 9.68. The van der Waals surface area contributed by atoms with Crippen LogP contribution < -0.4 is 15.4 Å². The second-order valence-electron chi connectivity index (χ2n) is 9.45. The van der Waals surface area contributed by atoms with Gasteiger partial charge in [0.15, 0.2) is 0 Å². The first kappa shape index (κ1) is 19.4. The third-order valence-corrected chi connectivity index (χ3v) is 7.86. The fraction of sp³-hybridized carbons (Fsp3) is 0.321. The van der Waals surface area contributed by atoms with Gasteiger partial charge in [-0.3, -0.25) is 4.79 Å². The second kappa shape index (κ2) is 7.70. The maximum atomic E-state index is 13.0. The second-order valence-corrected chi connectivity index (χ2v) is 9.45. The monoisotopic (exact) mass is 424 g/mol. The molecule has 5 atom stereocenters. The van der Waals surface area contributed by atoms with Crippen LogP contribution in [0.5, 0.6) is 5.75 Å². The van der Waals surface area contributed by atoms with Crippen LogP contribution in [-0.4, -0.2) is 13.0 Å². The number of fused-ring (bicyclic) bond motifs is 7. The zero-order chi connectivity index (χ0) is 21.7. The van der Waals surface area contributed by atoms with Gasteiger partial charge < -0.3 is 15.4 Å². The quantitative estimate of drug-likeness (QED) is 0.521. The van der Waals surface area contributed by atoms with Crippen LogP contribution in [0.2, 0.25) is 0 Å². The molecule has 2 N–H and O–H groups in total. The molecular weight excluding hydrogens is 396 g/mol. The van der Waals surface area contributed by atoms with Crippen LogP contribution in [0, 0.1) is 17.8 Å². The molecule has 1 aliphatic heterocycles. The summed E-state index contributed by atoms with van der Waals surface area (Å²) in [4.78, 5) is 13.0. The molecule has 3 aliphatic rings. The molecule has 4 nitrogen and oxygen atoms in total. The van der Waals surface area contributed by atoms with Crippen molar-refractivity contribution in [1.29, 1.82) is 0 Å². The van der Waals surface area contributed by atoms with Gasteiger partial charge in [-0.1, -0.05) is 30.3 Å². The number of carbonyl (C=O) groups excluding carboxylic acids is 1. The number of hydrogen-bond donors (Lipinski definition) is 2. The SMILES string of the molecule is COc1ccc(NC(=O)c2ccc3c(c2)[C@@H]2[C@@H]4CC[C@H](C4)[C@@H]2[C@H](c2ccccc2)N3)cc1. The van der Waals surface area contributed by atoms with Gasteiger partial charge in [0, 0.05) is 16.9 Å². The van der Waals surface area contributed by atoms with Crippen LogP contribution in [0.3, 0.4) is 0 Å². The minimum atomic E-state index is -0.0668. The Morgan fingerprint density at radius 1 is 0.969 bits per heavy atom. The van der Waals surface area contributed by atoms with Crippen LogP contribution in [0.1, 0.15) is 52.7 Å². The predicted molar refractivity (Wildman–Crippen MR) is 127 cm³/mol. The number of hydrogen-bond acceptors (Lipinski definition) is 3. The molecular formula is C28H28N2O2. The summed E-state index contributed by atoms with van der Waals surface area (Å²) in [5.74, 6) is 3.35. The van der Waals surface area contributed by atoms with Crippen LogP contribution in [0.4, 0.5) is 11.4 Å². The van der Waals surface area contributed by atoms with Gasteiger partial charge in [0.1, 0.15) is 5.75 Å². The molecule has 6 rings (SSSR count). The molecule has 2 fully saturated rings. The van der Waals surface area contributed by atoms with Crippen LogP contribution in [-0.2, 0) is 0 Å². The van der Waals surface area contributed by atoms with Crippen molar-refractivity contribution in [2.45, 2.75) is 31.2 Å². The number of nitrogens with one attached hydrogen (secondary N) is 2. The molecule has 32 heavy (non-hydrogen) atoms. The summed E-state index contributed by atoms with van der Waals surface area (Å²) >= 11 is 0. The lowest BCUT2D eigenvalue weighted by Crippen LogP contribution is -2.35. The van der Waals surface area contributed by atoms with E-state index in [1.807, 2.05) is 30.3 Å². The smallest absolute Gasteiger partial charge is 0.255 e. The summed E-state index contributed by atoms with van der Waals surface area (Å²) in [6.45, 7) is 0. The Morgan fingerprint density at radius 2 is 1.75 bits per heavy atom. The Balaban J connectivity index is 1.32. The highest BCUT2D eigenvalue weighted by atomic mass is 16.5. The maximum absolute atomic E-state index is 13.0. The van der Waals surface area contributed by atoms with Crippen LogP contribution in [0.25, 0.3) is 0 Å². The van der Waals surface area contributed by atoms with Gasteiger partial charge in [0.05, 0.1) is 13.2 Å². The van der Waals surface area contributed by atoms with E-state index in [2.05, 4.69) is 53.1 Å². The molecule has 2 aliphatic carbocycles. The van der Waals surface area contributed by atoms with E-state index >= 15 is 0 Å². The number of rotatable bonds is 4. The Morgan fingerprint density at radius 3 is 2.53 bits per heavy atom. The number of carbonyl (C=O) groups is 1. The number of methoxy groups -OCH3 is 1. The van der Waals surface area contributed by atoms with Gasteiger partial charge in [0.25, 0.3) is 5.91 Å². The highest BCUT2D eigenvalue weighted by Crippen LogP contribution is 2.63. The highest BCUT2D eigenvalue weighted by molar-refractivity contribution is 6.04. The number of anilines is 2. The Kier molecular flexibility index (Phi) is 4.67. The largest absolute Gasteiger partial charge is 0.497 e. The first-order valence-corrected chi connectivity index (χ1v) is 11.6. The summed E-state index contributed by atoms with van der Waals surface area (Å²) in [5, 5.41) is 6.88. The maximum Gasteiger partial charge on any atom is 0.255 e. The van der Waals surface area contributed by atoms with Gasteiger partial charge in [-0.05, 0) is 96.5 Å².